The van der Waals surface area contributed by atoms with Gasteiger partial charge in [-0.25, -0.2) is 4.39 Å². The van der Waals surface area contributed by atoms with Gasteiger partial charge in [-0.05, 0) is 47.7 Å². The van der Waals surface area contributed by atoms with Crippen LogP contribution in [0.1, 0.15) is 44.2 Å². The lowest BCUT2D eigenvalue weighted by Gasteiger charge is -2.37. The highest BCUT2D eigenvalue weighted by atomic mass is 19.1. The maximum Gasteiger partial charge on any atom is 0.312 e. The molecule has 1 heterocycles. The van der Waals surface area contributed by atoms with Crippen LogP contribution in [0.3, 0.4) is 0 Å². The minimum atomic E-state index is -0.728. The van der Waals surface area contributed by atoms with Crippen molar-refractivity contribution in [3.05, 3.63) is 65.5 Å². The fourth-order valence-corrected chi connectivity index (χ4v) is 3.67. The Bertz CT molecular complexity index is 942. The van der Waals surface area contributed by atoms with E-state index in [2.05, 4.69) is 19.2 Å². The fraction of sp³-hybridized carbons (Fsp3) is 0.375. The van der Waals surface area contributed by atoms with Crippen molar-refractivity contribution in [1.82, 2.24) is 9.80 Å². The third kappa shape index (κ3) is 5.29. The minimum absolute atomic E-state index is 0.226. The van der Waals surface area contributed by atoms with Gasteiger partial charge in [0, 0.05) is 25.3 Å². The second kappa shape index (κ2) is 9.73. The van der Waals surface area contributed by atoms with Crippen LogP contribution in [0, 0.1) is 5.82 Å². The van der Waals surface area contributed by atoms with Crippen LogP contribution in [0.25, 0.3) is 0 Å². The molecule has 1 saturated heterocycles. The van der Waals surface area contributed by atoms with E-state index in [0.717, 1.165) is 5.56 Å². The molecule has 0 unspecified atom stereocenters. The molecular weight excluding hydrogens is 397 g/mol. The summed E-state index contributed by atoms with van der Waals surface area (Å²) in [5.41, 5.74) is 2.57. The number of hydrogen-bond donors (Lipinski definition) is 1. The maximum absolute atomic E-state index is 13.1. The third-order valence-corrected chi connectivity index (χ3v) is 5.54. The summed E-state index contributed by atoms with van der Waals surface area (Å²) >= 11 is 0. The van der Waals surface area contributed by atoms with Crippen LogP contribution in [0.15, 0.2) is 48.5 Å². The third-order valence-electron chi connectivity index (χ3n) is 5.54. The molecule has 1 aliphatic heterocycles. The van der Waals surface area contributed by atoms with Crippen LogP contribution in [-0.2, 0) is 20.9 Å². The summed E-state index contributed by atoms with van der Waals surface area (Å²) in [6, 6.07) is 12.7. The summed E-state index contributed by atoms with van der Waals surface area (Å²) < 4.78 is 13.1. The molecule has 2 aromatic carbocycles. The molecule has 7 heteroatoms. The van der Waals surface area contributed by atoms with Gasteiger partial charge < -0.3 is 15.1 Å². The second-order valence-corrected chi connectivity index (χ2v) is 8.04. The van der Waals surface area contributed by atoms with Gasteiger partial charge in [-0.2, -0.15) is 0 Å². The van der Waals surface area contributed by atoms with Gasteiger partial charge >= 0.3 is 11.8 Å². The lowest BCUT2D eigenvalue weighted by molar-refractivity contribution is -0.159. The zero-order chi connectivity index (χ0) is 22.5. The van der Waals surface area contributed by atoms with Crippen molar-refractivity contribution in [2.24, 2.45) is 0 Å². The number of rotatable bonds is 7. The Hall–Kier alpha value is -3.22. The van der Waals surface area contributed by atoms with Gasteiger partial charge in [-0.3, -0.25) is 14.4 Å². The topological polar surface area (TPSA) is 69.7 Å². The lowest BCUT2D eigenvalue weighted by Crippen LogP contribution is -2.59. The molecule has 1 N–H and O–H groups in total. The summed E-state index contributed by atoms with van der Waals surface area (Å²) in [4.78, 5) is 41.0. The molecule has 1 aliphatic rings. The standard InChI is InChI=1S/C24H28FN3O3/c1-4-21(22(29)26-20-11-7-18(8-12-20)16(2)3)28-14-13-27(23(30)24(28)31)15-17-5-9-19(25)10-6-17/h5-12,16,21H,4,13-15H2,1-3H3,(H,26,29)/t21-/m0/s1. The van der Waals surface area contributed by atoms with Crippen LogP contribution >= 0.6 is 0 Å². The quantitative estimate of drug-likeness (QED) is 0.690. The molecule has 0 spiro atoms. The zero-order valence-electron chi connectivity index (χ0n) is 18.1. The van der Waals surface area contributed by atoms with Gasteiger partial charge in [0.15, 0.2) is 0 Å². The van der Waals surface area contributed by atoms with Crippen molar-refractivity contribution in [3.63, 3.8) is 0 Å². The molecule has 1 atom stereocenters. The molecule has 164 valence electrons. The number of benzene rings is 2. The zero-order valence-corrected chi connectivity index (χ0v) is 18.1. The van der Waals surface area contributed by atoms with Crippen LogP contribution in [0.4, 0.5) is 10.1 Å². The number of carbonyl (C=O) groups excluding carboxylic acids is 3. The highest BCUT2D eigenvalue weighted by Crippen LogP contribution is 2.19. The highest BCUT2D eigenvalue weighted by Gasteiger charge is 2.38. The molecule has 3 rings (SSSR count). The minimum Gasteiger partial charge on any atom is -0.328 e. The Kier molecular flexibility index (Phi) is 7.05. The van der Waals surface area contributed by atoms with Crippen molar-refractivity contribution in [1.29, 1.82) is 0 Å². The normalized spacial score (nSPS) is 15.4. The summed E-state index contributed by atoms with van der Waals surface area (Å²) in [7, 11) is 0. The molecule has 0 aromatic heterocycles. The molecule has 0 saturated carbocycles. The molecule has 0 radical (unpaired) electrons. The van der Waals surface area contributed by atoms with Crippen LogP contribution in [-0.4, -0.2) is 46.7 Å². The second-order valence-electron chi connectivity index (χ2n) is 8.04. The molecule has 6 nitrogen and oxygen atoms in total. The smallest absolute Gasteiger partial charge is 0.312 e. The van der Waals surface area contributed by atoms with E-state index in [1.807, 2.05) is 31.2 Å². The average molecular weight is 426 g/mol. The van der Waals surface area contributed by atoms with Gasteiger partial charge in [0.1, 0.15) is 11.9 Å². The van der Waals surface area contributed by atoms with Crippen LogP contribution < -0.4 is 5.32 Å². The van der Waals surface area contributed by atoms with Gasteiger partial charge in [-0.1, -0.05) is 45.0 Å². The van der Waals surface area contributed by atoms with Gasteiger partial charge in [-0.15, -0.1) is 0 Å². The molecule has 3 amide bonds. The molecular formula is C24H28FN3O3. The Morgan fingerprint density at radius 2 is 1.65 bits per heavy atom. The Balaban J connectivity index is 1.65. The SMILES string of the molecule is CC[C@@H](C(=O)Nc1ccc(C(C)C)cc1)N1CCN(Cc2ccc(F)cc2)C(=O)C1=O. The maximum atomic E-state index is 13.1. The van der Waals surface area contributed by atoms with Gasteiger partial charge in [0.2, 0.25) is 5.91 Å². The van der Waals surface area contributed by atoms with E-state index in [1.165, 1.54) is 27.5 Å². The largest absolute Gasteiger partial charge is 0.328 e. The number of hydrogen-bond acceptors (Lipinski definition) is 3. The number of nitrogens with zero attached hydrogens (tertiary/aromatic N) is 2. The average Bonchev–Trinajstić information content (AvgIpc) is 2.75. The van der Waals surface area contributed by atoms with E-state index in [1.54, 1.807) is 12.1 Å². The predicted molar refractivity (Wildman–Crippen MR) is 117 cm³/mol. The van der Waals surface area contributed by atoms with E-state index in [-0.39, 0.29) is 24.8 Å². The van der Waals surface area contributed by atoms with Gasteiger partial charge in [0.25, 0.3) is 0 Å². The Morgan fingerprint density at radius 1 is 1.00 bits per heavy atom. The van der Waals surface area contributed by atoms with E-state index >= 15 is 0 Å². The summed E-state index contributed by atoms with van der Waals surface area (Å²) in [5.74, 6) is -1.61. The lowest BCUT2D eigenvalue weighted by atomic mass is 10.0. The van der Waals surface area contributed by atoms with Crippen molar-refractivity contribution in [3.8, 4) is 0 Å². The first-order chi connectivity index (χ1) is 14.8. The summed E-state index contributed by atoms with van der Waals surface area (Å²) in [5, 5.41) is 2.85. The first kappa shape index (κ1) is 22.5. The van der Waals surface area contributed by atoms with Crippen LogP contribution in [0.2, 0.25) is 0 Å². The number of piperazine rings is 1. The van der Waals surface area contributed by atoms with Crippen molar-refractivity contribution >= 4 is 23.4 Å². The number of halogens is 1. The van der Waals surface area contributed by atoms with E-state index in [9.17, 15) is 18.8 Å². The number of nitrogens with one attached hydrogen (secondary N) is 1. The number of anilines is 1. The summed E-state index contributed by atoms with van der Waals surface area (Å²) in [6.07, 6.45) is 0.396. The van der Waals surface area contributed by atoms with Crippen molar-refractivity contribution in [2.75, 3.05) is 18.4 Å². The Morgan fingerprint density at radius 3 is 2.23 bits per heavy atom. The highest BCUT2D eigenvalue weighted by molar-refractivity contribution is 6.35. The van der Waals surface area contributed by atoms with Crippen molar-refractivity contribution < 1.29 is 18.8 Å². The molecule has 1 fully saturated rings. The first-order valence-electron chi connectivity index (χ1n) is 10.5. The van der Waals surface area contributed by atoms with Gasteiger partial charge in [0.05, 0.1) is 0 Å². The summed E-state index contributed by atoms with van der Waals surface area (Å²) in [6.45, 7) is 6.82. The number of carbonyl (C=O) groups is 3. The van der Waals surface area contributed by atoms with Crippen molar-refractivity contribution in [2.45, 2.75) is 45.7 Å². The monoisotopic (exact) mass is 425 g/mol. The predicted octanol–water partition coefficient (Wildman–Crippen LogP) is 3.54. The number of amides is 3. The molecule has 0 aliphatic carbocycles. The molecule has 31 heavy (non-hydrogen) atoms. The van der Waals surface area contributed by atoms with E-state index in [4.69, 9.17) is 0 Å². The van der Waals surface area contributed by atoms with E-state index < -0.39 is 17.9 Å². The van der Waals surface area contributed by atoms with Crippen LogP contribution in [0.5, 0.6) is 0 Å². The fourth-order valence-electron chi connectivity index (χ4n) is 3.67. The first-order valence-corrected chi connectivity index (χ1v) is 10.5. The molecule has 0 bridgehead atoms. The molecule has 2 aromatic rings. The van der Waals surface area contributed by atoms with E-state index in [0.29, 0.717) is 24.6 Å². The Labute approximate surface area is 182 Å².